The molecule has 0 radical (unpaired) electrons. The molecule has 3 rings (SSSR count). The van der Waals surface area contributed by atoms with Crippen molar-refractivity contribution in [3.8, 4) is 0 Å². The van der Waals surface area contributed by atoms with Gasteiger partial charge in [-0.3, -0.25) is 4.79 Å². The first-order chi connectivity index (χ1) is 19.2. The lowest BCUT2D eigenvalue weighted by Gasteiger charge is -2.11. The molecule has 0 bridgehead atoms. The van der Waals surface area contributed by atoms with E-state index in [1.807, 2.05) is 0 Å². The van der Waals surface area contributed by atoms with Gasteiger partial charge >= 0.3 is 0 Å². The molecule has 2 aromatic carbocycles. The summed E-state index contributed by atoms with van der Waals surface area (Å²) in [6.07, 6.45) is -8.07. The van der Waals surface area contributed by atoms with Crippen molar-refractivity contribution < 1.29 is 27.7 Å². The number of benzene rings is 2. The molecular weight excluding hydrogens is 382 g/mol. The number of carbonyl (C=O) groups is 1. The van der Waals surface area contributed by atoms with Gasteiger partial charge in [-0.05, 0) is 49.4 Å². The van der Waals surface area contributed by atoms with E-state index in [-0.39, 0.29) is 29.1 Å². The predicted octanol–water partition coefficient (Wildman–Crippen LogP) is 4.66. The van der Waals surface area contributed by atoms with E-state index in [0.717, 1.165) is 0 Å². The van der Waals surface area contributed by atoms with Crippen molar-refractivity contribution >= 4 is 28.1 Å². The largest absolute Gasteiger partial charge is 0.388 e. The number of rotatable bonds is 9. The van der Waals surface area contributed by atoms with Crippen LogP contribution in [0.5, 0.6) is 0 Å². The van der Waals surface area contributed by atoms with E-state index in [9.17, 15) is 9.90 Å². The van der Waals surface area contributed by atoms with E-state index in [1.165, 1.54) is 6.92 Å². The van der Waals surface area contributed by atoms with Crippen LogP contribution >= 0.6 is 11.3 Å². The highest BCUT2D eigenvalue weighted by molar-refractivity contribution is 7.13. The molecule has 1 atom stereocenters. The summed E-state index contributed by atoms with van der Waals surface area (Å²) in [6.45, 7) is 1.38. The first-order valence-electron chi connectivity index (χ1n) is 15.1. The van der Waals surface area contributed by atoms with Gasteiger partial charge in [-0.2, -0.15) is 0 Å². The van der Waals surface area contributed by atoms with E-state index in [2.05, 4.69) is 10.3 Å². The minimum absolute atomic E-state index is 0.0506. The molecule has 0 unspecified atom stereocenters. The number of carbonyl (C=O) groups excluding carboxylic acids is 1. The molecule has 1 aromatic heterocycles. The maximum atomic E-state index is 12.7. The van der Waals surface area contributed by atoms with Gasteiger partial charge < -0.3 is 16.2 Å². The van der Waals surface area contributed by atoms with E-state index in [4.69, 9.17) is 23.6 Å². The van der Waals surface area contributed by atoms with Crippen molar-refractivity contribution in [3.05, 3.63) is 76.1 Å². The number of nitrogens with zero attached hydrogens (tertiary/aromatic N) is 1. The van der Waals surface area contributed by atoms with Crippen LogP contribution in [0.1, 0.15) is 65.5 Å². The highest BCUT2D eigenvalue weighted by Crippen LogP contribution is 2.21. The lowest BCUT2D eigenvalue weighted by atomic mass is 10.0. The average Bonchev–Trinajstić information content (AvgIpc) is 3.27. The minimum Gasteiger partial charge on any atom is -0.388 e. The molecule has 0 aliphatic heterocycles. The lowest BCUT2D eigenvalue weighted by Crippen LogP contribution is -2.14. The lowest BCUT2D eigenvalue weighted by molar-refractivity contribution is -0.115. The number of anilines is 2. The van der Waals surface area contributed by atoms with Gasteiger partial charge in [0.15, 0.2) is 5.13 Å². The number of hydrogen-bond acceptors (Lipinski definition) is 5. The van der Waals surface area contributed by atoms with Crippen molar-refractivity contribution in [2.45, 2.75) is 45.0 Å². The van der Waals surface area contributed by atoms with Gasteiger partial charge in [-0.1, -0.05) is 48.2 Å². The summed E-state index contributed by atoms with van der Waals surface area (Å²) >= 11 is 0.647. The van der Waals surface area contributed by atoms with Crippen LogP contribution in [-0.2, 0) is 17.6 Å². The Morgan fingerprint density at radius 2 is 1.97 bits per heavy atom. The SMILES string of the molecule is [2H]c1sc(N)nc1C([2H])([2H])C(=O)Nc1c([2H])c([2H])c(CCCC([2H])([2H])[C@H](O)c2c([2H])c([2H])c(C)c([2H])c2[2H])c([2H])c1[2H]. The van der Waals surface area contributed by atoms with Gasteiger partial charge in [0.2, 0.25) is 5.91 Å². The van der Waals surface area contributed by atoms with Crippen molar-refractivity contribution in [1.82, 2.24) is 4.98 Å². The number of aromatic nitrogens is 1. The Morgan fingerprint density at radius 1 is 1.24 bits per heavy atom. The zero-order valence-electron chi connectivity index (χ0n) is 28.5. The van der Waals surface area contributed by atoms with Gasteiger partial charge in [0.05, 0.1) is 30.5 Å². The molecule has 5 nitrogen and oxygen atoms in total. The molecular formula is C23H27N3O2S. The van der Waals surface area contributed by atoms with Gasteiger partial charge in [0, 0.05) is 16.5 Å². The predicted molar refractivity (Wildman–Crippen MR) is 119 cm³/mol. The average molecular weight is 423 g/mol. The molecule has 0 aliphatic carbocycles. The third-order valence-corrected chi connectivity index (χ3v) is 4.20. The summed E-state index contributed by atoms with van der Waals surface area (Å²) in [7, 11) is 0. The van der Waals surface area contributed by atoms with E-state index in [1.54, 1.807) is 0 Å². The second-order valence-electron chi connectivity index (χ2n) is 5.93. The maximum absolute atomic E-state index is 12.7. The van der Waals surface area contributed by atoms with Crippen LogP contribution in [0.4, 0.5) is 10.8 Å². The van der Waals surface area contributed by atoms with Crippen LogP contribution in [0.15, 0.2) is 53.7 Å². The Bertz CT molecular complexity index is 1500. The molecule has 1 heterocycles. The molecule has 0 fully saturated rings. The van der Waals surface area contributed by atoms with Crippen LogP contribution < -0.4 is 11.1 Å². The third kappa shape index (κ3) is 6.69. The van der Waals surface area contributed by atoms with Gasteiger partial charge in [0.1, 0.15) is 0 Å². The normalized spacial score (nSPS) is 19.3. The Balaban J connectivity index is 1.83. The second kappa shape index (κ2) is 10.2. The van der Waals surface area contributed by atoms with Crippen LogP contribution in [0.2, 0.25) is 0 Å². The standard InChI is InChI=1S/C23H27N3O2S/c1-16-6-10-18(11-7-16)21(27)5-3-2-4-17-8-12-19(13-9-17)25-22(28)14-20-15-29-23(24)26-20/h6-13,15,21,27H,2-5,14H2,1H3,(H2,24,26)(H,25,28)/t21-/m0/s1/i5D2,6D,7D,8D,9D,10D,11D,12D,13D,14D2,15D. The number of aliphatic hydroxyl groups excluding tert-OH is 1. The topological polar surface area (TPSA) is 88.2 Å². The van der Waals surface area contributed by atoms with Crippen LogP contribution in [0.25, 0.3) is 0 Å². The monoisotopic (exact) mass is 422 g/mol. The zero-order valence-corrected chi connectivity index (χ0v) is 16.3. The number of nitrogens with one attached hydrogen (secondary N) is 1. The summed E-state index contributed by atoms with van der Waals surface area (Å²) in [5, 5.41) is 12.2. The van der Waals surface area contributed by atoms with E-state index in [0.29, 0.717) is 11.3 Å². The fourth-order valence-electron chi connectivity index (χ4n) is 2.22. The summed E-state index contributed by atoms with van der Waals surface area (Å²) < 4.78 is 106. The molecule has 0 aliphatic rings. The third-order valence-electron chi connectivity index (χ3n) is 3.61. The minimum atomic E-state index is -2.88. The molecule has 0 saturated heterocycles. The van der Waals surface area contributed by atoms with Crippen LogP contribution in [-0.4, -0.2) is 16.0 Å². The molecule has 3 aromatic rings. The van der Waals surface area contributed by atoms with Crippen molar-refractivity contribution in [1.29, 1.82) is 0 Å². The number of thiazole rings is 1. The van der Waals surface area contributed by atoms with E-state index < -0.39 is 102 Å². The summed E-state index contributed by atoms with van der Waals surface area (Å²) in [6, 6.07) is -4.44. The number of amides is 1. The Morgan fingerprint density at radius 3 is 2.62 bits per heavy atom. The summed E-state index contributed by atoms with van der Waals surface area (Å²) in [4.78, 5) is 16.4. The maximum Gasteiger partial charge on any atom is 0.230 e. The molecule has 0 saturated carbocycles. The second-order valence-corrected chi connectivity index (χ2v) is 6.76. The fraction of sp³-hybridized carbons (Fsp3) is 0.304. The first kappa shape index (κ1) is 9.87. The quantitative estimate of drug-likeness (QED) is 0.468. The molecule has 152 valence electrons. The Hall–Kier alpha value is -2.70. The molecule has 1 amide bonds. The number of nitrogen functional groups attached to an aromatic ring is 1. The summed E-state index contributed by atoms with van der Waals surface area (Å²) in [5.41, 5.74) is 3.74. The zero-order chi connectivity index (χ0) is 32.1. The van der Waals surface area contributed by atoms with Gasteiger partial charge in [-0.25, -0.2) is 4.98 Å². The number of aliphatic hydroxyl groups is 1. The van der Waals surface area contributed by atoms with Gasteiger partial charge in [-0.15, -0.1) is 11.3 Å². The van der Waals surface area contributed by atoms with Crippen molar-refractivity contribution in [2.75, 3.05) is 11.1 Å². The van der Waals surface area contributed by atoms with Crippen molar-refractivity contribution in [3.63, 3.8) is 0 Å². The van der Waals surface area contributed by atoms with Crippen molar-refractivity contribution in [2.24, 2.45) is 0 Å². The number of nitrogens with two attached hydrogens (primary N) is 1. The van der Waals surface area contributed by atoms with Crippen LogP contribution in [0, 0.1) is 6.92 Å². The fourth-order valence-corrected chi connectivity index (χ4v) is 2.65. The Kier molecular flexibility index (Phi) is 3.47. The molecule has 0 spiro atoms. The Labute approximate surface area is 193 Å². The van der Waals surface area contributed by atoms with E-state index >= 15 is 0 Å². The van der Waals surface area contributed by atoms with Crippen LogP contribution in [0.3, 0.4) is 0 Å². The molecule has 4 N–H and O–H groups in total. The number of hydrogen-bond donors (Lipinski definition) is 3. The highest BCUT2D eigenvalue weighted by Gasteiger charge is 2.08. The molecule has 6 heteroatoms. The summed E-state index contributed by atoms with van der Waals surface area (Å²) in [5.74, 6) is -1.39. The highest BCUT2D eigenvalue weighted by atomic mass is 32.1. The first-order valence-corrected chi connectivity index (χ1v) is 9.46. The molecule has 29 heavy (non-hydrogen) atoms. The van der Waals surface area contributed by atoms with Gasteiger partial charge in [0.25, 0.3) is 0 Å². The smallest absolute Gasteiger partial charge is 0.230 e.